The van der Waals surface area contributed by atoms with Crippen LogP contribution in [0.15, 0.2) is 36.4 Å². The molecule has 0 aliphatic carbocycles. The number of likely N-dealkylation sites (tertiary alicyclic amines) is 1. The third-order valence-corrected chi connectivity index (χ3v) is 4.91. The number of ether oxygens (including phenoxy) is 1. The number of carbonyl (C=O) groups is 1. The van der Waals surface area contributed by atoms with Crippen molar-refractivity contribution >= 4 is 11.5 Å². The fourth-order valence-corrected chi connectivity index (χ4v) is 3.26. The molecule has 3 rings (SSSR count). The monoisotopic (exact) mass is 339 g/mol. The van der Waals surface area contributed by atoms with E-state index in [1.165, 1.54) is 0 Å². The van der Waals surface area contributed by atoms with Crippen molar-refractivity contribution < 1.29 is 9.53 Å². The van der Waals surface area contributed by atoms with E-state index in [0.717, 1.165) is 34.8 Å². The van der Waals surface area contributed by atoms with Gasteiger partial charge in [-0.25, -0.2) is 4.98 Å². The standard InChI is InChI=1S/C20H25N3O2/c1-13(16-8-6-5-7-9-16)10-19(24)23-12-17(25-4)11-18(23)20-21-14(2)15(3)22-20/h5-10,17-18H,11-12H2,1-4H3,(H,21,22)/b13-10+/t17-,18+/m1/s1. The maximum absolute atomic E-state index is 12.9. The Morgan fingerprint density at radius 3 is 2.64 bits per heavy atom. The highest BCUT2D eigenvalue weighted by molar-refractivity contribution is 5.95. The van der Waals surface area contributed by atoms with Crippen LogP contribution in [-0.4, -0.2) is 40.5 Å². The van der Waals surface area contributed by atoms with Crippen LogP contribution < -0.4 is 0 Å². The zero-order valence-electron chi connectivity index (χ0n) is 15.2. The molecule has 0 radical (unpaired) electrons. The molecule has 0 saturated carbocycles. The van der Waals surface area contributed by atoms with Gasteiger partial charge < -0.3 is 14.6 Å². The molecule has 25 heavy (non-hydrogen) atoms. The molecule has 1 fully saturated rings. The summed E-state index contributed by atoms with van der Waals surface area (Å²) in [5.41, 5.74) is 4.02. The second kappa shape index (κ2) is 7.23. The summed E-state index contributed by atoms with van der Waals surface area (Å²) in [5, 5.41) is 0. The summed E-state index contributed by atoms with van der Waals surface area (Å²) in [6.07, 6.45) is 2.50. The van der Waals surface area contributed by atoms with Gasteiger partial charge in [0.05, 0.1) is 17.8 Å². The van der Waals surface area contributed by atoms with E-state index in [2.05, 4.69) is 9.97 Å². The Labute approximate surface area is 148 Å². The molecule has 0 spiro atoms. The zero-order chi connectivity index (χ0) is 18.0. The summed E-state index contributed by atoms with van der Waals surface area (Å²) in [6, 6.07) is 9.87. The predicted molar refractivity (Wildman–Crippen MR) is 98.0 cm³/mol. The number of imidazole rings is 1. The Morgan fingerprint density at radius 1 is 1.32 bits per heavy atom. The molecule has 2 heterocycles. The van der Waals surface area contributed by atoms with Crippen LogP contribution >= 0.6 is 0 Å². The van der Waals surface area contributed by atoms with E-state index in [1.54, 1.807) is 13.2 Å². The number of nitrogens with one attached hydrogen (secondary N) is 1. The highest BCUT2D eigenvalue weighted by Gasteiger charge is 2.37. The number of amides is 1. The second-order valence-electron chi connectivity index (χ2n) is 6.63. The summed E-state index contributed by atoms with van der Waals surface area (Å²) in [4.78, 5) is 22.7. The van der Waals surface area contributed by atoms with Crippen molar-refractivity contribution in [1.29, 1.82) is 0 Å². The molecule has 1 N–H and O–H groups in total. The number of hydrogen-bond donors (Lipinski definition) is 1. The third kappa shape index (κ3) is 3.66. The van der Waals surface area contributed by atoms with Crippen LogP contribution in [0.25, 0.3) is 5.57 Å². The van der Waals surface area contributed by atoms with Crippen molar-refractivity contribution in [3.8, 4) is 0 Å². The molecule has 5 nitrogen and oxygen atoms in total. The molecule has 132 valence electrons. The number of carbonyl (C=O) groups excluding carboxylic acids is 1. The first-order chi connectivity index (χ1) is 12.0. The minimum Gasteiger partial charge on any atom is -0.380 e. The lowest BCUT2D eigenvalue weighted by atomic mass is 10.1. The van der Waals surface area contributed by atoms with Gasteiger partial charge in [-0.05, 0) is 31.9 Å². The van der Waals surface area contributed by atoms with Gasteiger partial charge in [-0.2, -0.15) is 0 Å². The van der Waals surface area contributed by atoms with Crippen LogP contribution in [0, 0.1) is 13.8 Å². The van der Waals surface area contributed by atoms with Gasteiger partial charge in [-0.1, -0.05) is 30.3 Å². The van der Waals surface area contributed by atoms with Crippen molar-refractivity contribution in [1.82, 2.24) is 14.9 Å². The number of methoxy groups -OCH3 is 1. The van der Waals surface area contributed by atoms with Gasteiger partial charge in [0.2, 0.25) is 5.91 Å². The topological polar surface area (TPSA) is 58.2 Å². The average molecular weight is 339 g/mol. The summed E-state index contributed by atoms with van der Waals surface area (Å²) >= 11 is 0. The first-order valence-corrected chi connectivity index (χ1v) is 8.59. The summed E-state index contributed by atoms with van der Waals surface area (Å²) < 4.78 is 5.51. The van der Waals surface area contributed by atoms with Crippen LogP contribution in [0.5, 0.6) is 0 Å². The minimum absolute atomic E-state index is 0.00221. The number of rotatable bonds is 4. The number of H-pyrrole nitrogens is 1. The molecule has 0 bridgehead atoms. The SMILES string of the molecule is CO[C@@H]1C[C@@H](c2nc(C)c(C)[nH]2)N(C(=O)/C=C(\C)c2ccccc2)C1. The molecule has 2 aromatic rings. The van der Waals surface area contributed by atoms with Crippen LogP contribution in [0.4, 0.5) is 0 Å². The molecule has 5 heteroatoms. The second-order valence-corrected chi connectivity index (χ2v) is 6.63. The van der Waals surface area contributed by atoms with Gasteiger partial charge in [0, 0.05) is 31.8 Å². The van der Waals surface area contributed by atoms with Crippen LogP contribution in [0.3, 0.4) is 0 Å². The average Bonchev–Trinajstić information content (AvgIpc) is 3.19. The Kier molecular flexibility index (Phi) is 5.04. The fraction of sp³-hybridized carbons (Fsp3) is 0.400. The lowest BCUT2D eigenvalue weighted by Crippen LogP contribution is -2.31. The van der Waals surface area contributed by atoms with E-state index in [0.29, 0.717) is 6.54 Å². The van der Waals surface area contributed by atoms with Gasteiger partial charge in [0.25, 0.3) is 0 Å². The number of aromatic amines is 1. The summed E-state index contributed by atoms with van der Waals surface area (Å²) in [7, 11) is 1.69. The summed E-state index contributed by atoms with van der Waals surface area (Å²) in [5.74, 6) is 0.839. The van der Waals surface area contributed by atoms with Crippen molar-refractivity contribution in [3.63, 3.8) is 0 Å². The lowest BCUT2D eigenvalue weighted by molar-refractivity contribution is -0.127. The lowest BCUT2D eigenvalue weighted by Gasteiger charge is -2.22. The zero-order valence-corrected chi connectivity index (χ0v) is 15.2. The number of aryl methyl sites for hydroxylation is 2. The smallest absolute Gasteiger partial charge is 0.247 e. The normalized spacial score (nSPS) is 21.0. The van der Waals surface area contributed by atoms with Crippen LogP contribution in [0.1, 0.15) is 42.2 Å². The van der Waals surface area contributed by atoms with Crippen LogP contribution in [0.2, 0.25) is 0 Å². The molecule has 0 unspecified atom stereocenters. The number of hydrogen-bond acceptors (Lipinski definition) is 3. The van der Waals surface area contributed by atoms with Gasteiger partial charge in [0.15, 0.2) is 0 Å². The number of aromatic nitrogens is 2. The van der Waals surface area contributed by atoms with Crippen molar-refractivity contribution in [3.05, 3.63) is 59.2 Å². The van der Waals surface area contributed by atoms with E-state index < -0.39 is 0 Å². The quantitative estimate of drug-likeness (QED) is 0.868. The number of nitrogens with zero attached hydrogens (tertiary/aromatic N) is 2. The molecular formula is C20H25N3O2. The van der Waals surface area contributed by atoms with Gasteiger partial charge >= 0.3 is 0 Å². The Hall–Kier alpha value is -2.40. The Morgan fingerprint density at radius 2 is 2.04 bits per heavy atom. The van der Waals surface area contributed by atoms with Crippen LogP contribution in [-0.2, 0) is 9.53 Å². The maximum Gasteiger partial charge on any atom is 0.247 e. The van der Waals surface area contributed by atoms with Crippen molar-refractivity contribution in [2.75, 3.05) is 13.7 Å². The van der Waals surface area contributed by atoms with E-state index >= 15 is 0 Å². The highest BCUT2D eigenvalue weighted by Crippen LogP contribution is 2.33. The minimum atomic E-state index is -0.0790. The highest BCUT2D eigenvalue weighted by atomic mass is 16.5. The van der Waals surface area contributed by atoms with Gasteiger partial charge in [-0.3, -0.25) is 4.79 Å². The van der Waals surface area contributed by atoms with Gasteiger partial charge in [0.1, 0.15) is 5.82 Å². The van der Waals surface area contributed by atoms with E-state index in [9.17, 15) is 4.79 Å². The third-order valence-electron chi connectivity index (χ3n) is 4.91. The molecular weight excluding hydrogens is 314 g/mol. The molecule has 1 aliphatic heterocycles. The fourth-order valence-electron chi connectivity index (χ4n) is 3.26. The van der Waals surface area contributed by atoms with E-state index in [1.807, 2.05) is 56.0 Å². The molecule has 1 amide bonds. The molecule has 1 aromatic carbocycles. The van der Waals surface area contributed by atoms with Crippen molar-refractivity contribution in [2.24, 2.45) is 0 Å². The largest absolute Gasteiger partial charge is 0.380 e. The number of allylic oxidation sites excluding steroid dienone is 1. The molecule has 1 aliphatic rings. The molecule has 2 atom stereocenters. The molecule has 1 aromatic heterocycles. The maximum atomic E-state index is 12.9. The Bertz CT molecular complexity index is 760. The van der Waals surface area contributed by atoms with Gasteiger partial charge in [-0.15, -0.1) is 0 Å². The van der Waals surface area contributed by atoms with E-state index in [-0.39, 0.29) is 18.1 Å². The number of benzene rings is 1. The summed E-state index contributed by atoms with van der Waals surface area (Å²) in [6.45, 7) is 6.52. The Balaban J connectivity index is 1.86. The van der Waals surface area contributed by atoms with E-state index in [4.69, 9.17) is 4.74 Å². The predicted octanol–water partition coefficient (Wildman–Crippen LogP) is 3.42. The van der Waals surface area contributed by atoms with Crippen molar-refractivity contribution in [2.45, 2.75) is 39.3 Å². The first kappa shape index (κ1) is 17.4. The molecule has 1 saturated heterocycles. The first-order valence-electron chi connectivity index (χ1n) is 8.59.